The van der Waals surface area contributed by atoms with E-state index in [1.54, 1.807) is 6.08 Å². The molecule has 2 N–H and O–H groups in total. The van der Waals surface area contributed by atoms with Crippen molar-refractivity contribution in [3.05, 3.63) is 23.8 Å². The van der Waals surface area contributed by atoms with Crippen molar-refractivity contribution in [3.63, 3.8) is 0 Å². The highest BCUT2D eigenvalue weighted by atomic mass is 16.4. The Morgan fingerprint density at radius 3 is 2.44 bits per heavy atom. The van der Waals surface area contributed by atoms with E-state index in [0.29, 0.717) is 12.8 Å². The van der Waals surface area contributed by atoms with Crippen LogP contribution in [0.2, 0.25) is 0 Å². The zero-order valence-corrected chi connectivity index (χ0v) is 9.92. The molecule has 2 aliphatic rings. The summed E-state index contributed by atoms with van der Waals surface area (Å²) < 4.78 is 0. The first-order valence-corrected chi connectivity index (χ1v) is 5.75. The van der Waals surface area contributed by atoms with E-state index in [0.717, 1.165) is 6.08 Å². The van der Waals surface area contributed by atoms with Crippen molar-refractivity contribution in [2.45, 2.75) is 19.8 Å². The molecule has 3 atom stereocenters. The molecule has 5 nitrogen and oxygen atoms in total. The van der Waals surface area contributed by atoms with Gasteiger partial charge in [-0.2, -0.15) is 0 Å². The number of Topliss-reactive ketones (excluding diaryl/α,β-unsaturated/α-hetero) is 1. The van der Waals surface area contributed by atoms with Gasteiger partial charge >= 0.3 is 11.9 Å². The number of aliphatic carboxylic acids is 2. The average Bonchev–Trinajstić information content (AvgIpc) is 2.83. The maximum atomic E-state index is 11.7. The lowest BCUT2D eigenvalue weighted by atomic mass is 9.70. The third-order valence-corrected chi connectivity index (χ3v) is 3.92. The van der Waals surface area contributed by atoms with Gasteiger partial charge in [-0.1, -0.05) is 12.2 Å². The van der Waals surface area contributed by atoms with Crippen LogP contribution in [0.4, 0.5) is 0 Å². The Labute approximate surface area is 104 Å². The van der Waals surface area contributed by atoms with Crippen molar-refractivity contribution >= 4 is 17.7 Å². The smallest absolute Gasteiger partial charge is 0.332 e. The van der Waals surface area contributed by atoms with Crippen LogP contribution in [0, 0.1) is 17.3 Å². The molecular formula is C13H14O5. The van der Waals surface area contributed by atoms with Crippen LogP contribution in [0.25, 0.3) is 0 Å². The van der Waals surface area contributed by atoms with E-state index in [1.807, 2.05) is 6.08 Å². The van der Waals surface area contributed by atoms with Crippen LogP contribution in [0.15, 0.2) is 23.8 Å². The third-order valence-electron chi connectivity index (χ3n) is 3.92. The standard InChI is InChI=1S/C13H14O5/c1-7(14)9-4-8-2-3-13(9,6-8)10(12(17)18)5-11(15)16/h2-3,5,8-9H,4,6H2,1H3,(H,15,16)(H,17,18)/b10-5+. The Hall–Kier alpha value is -1.91. The van der Waals surface area contributed by atoms with Crippen LogP contribution in [0.3, 0.4) is 0 Å². The van der Waals surface area contributed by atoms with Gasteiger partial charge in [-0.25, -0.2) is 9.59 Å². The van der Waals surface area contributed by atoms with Gasteiger partial charge in [0.1, 0.15) is 5.78 Å². The molecule has 0 aromatic carbocycles. The van der Waals surface area contributed by atoms with Crippen molar-refractivity contribution in [1.82, 2.24) is 0 Å². The summed E-state index contributed by atoms with van der Waals surface area (Å²) in [5.74, 6) is -2.90. The van der Waals surface area contributed by atoms with Crippen LogP contribution < -0.4 is 0 Å². The first-order chi connectivity index (χ1) is 8.36. The van der Waals surface area contributed by atoms with Gasteiger partial charge < -0.3 is 10.2 Å². The number of carbonyl (C=O) groups is 3. The monoisotopic (exact) mass is 250 g/mol. The predicted octanol–water partition coefficient (Wildman–Crippen LogP) is 1.25. The summed E-state index contributed by atoms with van der Waals surface area (Å²) in [5, 5.41) is 18.0. The molecule has 0 aliphatic heterocycles. The largest absolute Gasteiger partial charge is 0.478 e. The Kier molecular flexibility index (Phi) is 2.84. The van der Waals surface area contributed by atoms with Gasteiger partial charge in [0.25, 0.3) is 0 Å². The Morgan fingerprint density at radius 2 is 2.00 bits per heavy atom. The molecule has 0 aromatic heterocycles. The number of fused-ring (bicyclic) bond motifs is 2. The molecule has 5 heteroatoms. The second kappa shape index (κ2) is 4.08. The summed E-state index contributed by atoms with van der Waals surface area (Å²) in [6, 6.07) is 0. The number of allylic oxidation sites excluding steroid dienone is 2. The fourth-order valence-corrected chi connectivity index (χ4v) is 3.25. The fourth-order valence-electron chi connectivity index (χ4n) is 3.25. The van der Waals surface area contributed by atoms with Crippen molar-refractivity contribution in [3.8, 4) is 0 Å². The average molecular weight is 250 g/mol. The first-order valence-electron chi connectivity index (χ1n) is 5.75. The number of carbonyl (C=O) groups excluding carboxylic acids is 1. The Bertz CT molecular complexity index is 488. The first kappa shape index (κ1) is 12.5. The number of ketones is 1. The van der Waals surface area contributed by atoms with E-state index in [-0.39, 0.29) is 17.3 Å². The Morgan fingerprint density at radius 1 is 1.33 bits per heavy atom. The second-order valence-electron chi connectivity index (χ2n) is 4.96. The van der Waals surface area contributed by atoms with Gasteiger partial charge in [-0.15, -0.1) is 0 Å². The maximum Gasteiger partial charge on any atom is 0.332 e. The molecule has 0 spiro atoms. The molecule has 0 saturated heterocycles. The predicted molar refractivity (Wildman–Crippen MR) is 61.8 cm³/mol. The normalized spacial score (nSPS) is 33.7. The lowest BCUT2D eigenvalue weighted by Gasteiger charge is -2.31. The van der Waals surface area contributed by atoms with E-state index in [1.165, 1.54) is 6.92 Å². The highest BCUT2D eigenvalue weighted by molar-refractivity contribution is 5.98. The lowest BCUT2D eigenvalue weighted by molar-refractivity contribution is -0.136. The minimum atomic E-state index is -1.30. The van der Waals surface area contributed by atoms with E-state index >= 15 is 0 Å². The Balaban J connectivity index is 2.51. The van der Waals surface area contributed by atoms with E-state index in [2.05, 4.69) is 0 Å². The van der Waals surface area contributed by atoms with Gasteiger partial charge in [0.15, 0.2) is 0 Å². The highest BCUT2D eigenvalue weighted by Gasteiger charge is 2.54. The molecule has 2 bridgehead atoms. The molecule has 0 heterocycles. The molecule has 0 amide bonds. The summed E-state index contributed by atoms with van der Waals surface area (Å²) in [6.45, 7) is 1.43. The second-order valence-corrected chi connectivity index (χ2v) is 4.96. The zero-order valence-electron chi connectivity index (χ0n) is 9.92. The van der Waals surface area contributed by atoms with Crippen LogP contribution in [0.1, 0.15) is 19.8 Å². The van der Waals surface area contributed by atoms with Crippen molar-refractivity contribution in [2.75, 3.05) is 0 Å². The van der Waals surface area contributed by atoms with Crippen LogP contribution in [-0.2, 0) is 14.4 Å². The number of carboxylic acids is 2. The molecule has 2 rings (SSSR count). The van der Waals surface area contributed by atoms with Crippen molar-refractivity contribution < 1.29 is 24.6 Å². The van der Waals surface area contributed by atoms with E-state index < -0.39 is 23.3 Å². The van der Waals surface area contributed by atoms with E-state index in [9.17, 15) is 19.5 Å². The molecule has 0 aromatic rings. The summed E-state index contributed by atoms with van der Waals surface area (Å²) in [4.78, 5) is 33.7. The topological polar surface area (TPSA) is 91.7 Å². The summed E-state index contributed by atoms with van der Waals surface area (Å²) >= 11 is 0. The molecule has 3 unspecified atom stereocenters. The number of hydrogen-bond donors (Lipinski definition) is 2. The summed E-state index contributed by atoms with van der Waals surface area (Å²) in [6.07, 6.45) is 5.43. The molecule has 1 saturated carbocycles. The SMILES string of the molecule is CC(=O)C1CC2C=CC1(/C(=C/C(=O)O)C(=O)O)C2. The van der Waals surface area contributed by atoms with Crippen LogP contribution >= 0.6 is 0 Å². The molecular weight excluding hydrogens is 236 g/mol. The van der Waals surface area contributed by atoms with Gasteiger partial charge in [0.05, 0.1) is 5.57 Å². The van der Waals surface area contributed by atoms with Crippen LogP contribution in [0.5, 0.6) is 0 Å². The molecule has 96 valence electrons. The third kappa shape index (κ3) is 1.75. The van der Waals surface area contributed by atoms with Crippen molar-refractivity contribution in [2.24, 2.45) is 17.3 Å². The fraction of sp³-hybridized carbons (Fsp3) is 0.462. The number of carboxylic acid groups (broad SMARTS) is 2. The molecule has 0 radical (unpaired) electrons. The maximum absolute atomic E-state index is 11.7. The quantitative estimate of drug-likeness (QED) is 0.578. The lowest BCUT2D eigenvalue weighted by Crippen LogP contribution is -2.34. The number of hydrogen-bond acceptors (Lipinski definition) is 3. The minimum absolute atomic E-state index is 0.0839. The van der Waals surface area contributed by atoms with Crippen LogP contribution in [-0.4, -0.2) is 27.9 Å². The summed E-state index contributed by atoms with van der Waals surface area (Å²) in [5.41, 5.74) is -1.12. The van der Waals surface area contributed by atoms with Gasteiger partial charge in [0, 0.05) is 17.4 Å². The summed E-state index contributed by atoms with van der Waals surface area (Å²) in [7, 11) is 0. The van der Waals surface area contributed by atoms with Crippen molar-refractivity contribution in [1.29, 1.82) is 0 Å². The minimum Gasteiger partial charge on any atom is -0.478 e. The zero-order chi connectivity index (χ0) is 13.5. The molecule has 2 aliphatic carbocycles. The van der Waals surface area contributed by atoms with Gasteiger partial charge in [-0.3, -0.25) is 4.79 Å². The number of rotatable bonds is 4. The molecule has 1 fully saturated rings. The van der Waals surface area contributed by atoms with Gasteiger partial charge in [0.2, 0.25) is 0 Å². The van der Waals surface area contributed by atoms with Gasteiger partial charge in [-0.05, 0) is 25.7 Å². The molecule has 18 heavy (non-hydrogen) atoms. The highest BCUT2D eigenvalue weighted by Crippen LogP contribution is 2.57. The van der Waals surface area contributed by atoms with E-state index in [4.69, 9.17) is 5.11 Å².